The fourth-order valence-electron chi connectivity index (χ4n) is 2.45. The summed E-state index contributed by atoms with van der Waals surface area (Å²) < 4.78 is 116. The topological polar surface area (TPSA) is 0 Å². The van der Waals surface area contributed by atoms with Crippen LogP contribution in [0.2, 0.25) is 0 Å². The van der Waals surface area contributed by atoms with Crippen molar-refractivity contribution in [3.63, 3.8) is 0 Å². The normalized spacial score (nSPS) is 15.5. The highest BCUT2D eigenvalue weighted by Crippen LogP contribution is 2.55. The van der Waals surface area contributed by atoms with E-state index in [0.717, 1.165) is 9.79 Å². The number of alkyl halides is 9. The second-order valence-corrected chi connectivity index (χ2v) is 13.3. The molecule has 11 heteroatoms. The zero-order valence-corrected chi connectivity index (χ0v) is 17.4. The molecule has 0 saturated carbocycles. The van der Waals surface area contributed by atoms with Crippen LogP contribution in [0, 0.1) is 0 Å². The van der Waals surface area contributed by atoms with Crippen LogP contribution in [0.3, 0.4) is 0 Å². The van der Waals surface area contributed by atoms with E-state index in [1.54, 1.807) is 24.6 Å². The molecule has 0 nitrogen and oxygen atoms in total. The van der Waals surface area contributed by atoms with E-state index in [4.69, 9.17) is 0 Å². The molecule has 0 fully saturated rings. The van der Waals surface area contributed by atoms with Gasteiger partial charge in [-0.2, -0.15) is 39.5 Å². The molecule has 0 atom stereocenters. The van der Waals surface area contributed by atoms with Crippen LogP contribution in [0.1, 0.15) is 12.8 Å². The van der Waals surface area contributed by atoms with E-state index >= 15 is 0 Å². The minimum Gasteiger partial charge on any atom is -0.233 e. The predicted octanol–water partition coefficient (Wildman–Crippen LogP) is 6.98. The maximum absolute atomic E-state index is 13.6. The van der Waals surface area contributed by atoms with Crippen LogP contribution in [-0.2, 0) is 0 Å². The van der Waals surface area contributed by atoms with Gasteiger partial charge in [0.15, 0.2) is 0 Å². The average molecular weight is 462 g/mol. The Morgan fingerprint density at radius 1 is 0.786 bits per heavy atom. The zero-order chi connectivity index (χ0) is 22.2. The van der Waals surface area contributed by atoms with Crippen LogP contribution in [0.15, 0.2) is 34.1 Å². The van der Waals surface area contributed by atoms with Crippen LogP contribution in [-0.4, -0.2) is 54.7 Å². The van der Waals surface area contributed by atoms with E-state index in [9.17, 15) is 39.5 Å². The Morgan fingerprint density at radius 3 is 1.64 bits per heavy atom. The largest absolute Gasteiger partial charge is 0.460 e. The molecule has 0 amide bonds. The van der Waals surface area contributed by atoms with Gasteiger partial charge in [0, 0.05) is 6.42 Å². The first-order valence-corrected chi connectivity index (χ1v) is 12.9. The minimum absolute atomic E-state index is 0.0113. The van der Waals surface area contributed by atoms with Crippen LogP contribution in [0.25, 0.3) is 0 Å². The van der Waals surface area contributed by atoms with Crippen LogP contribution in [0.5, 0.6) is 0 Å². The lowest BCUT2D eigenvalue weighted by Gasteiger charge is -2.35. The van der Waals surface area contributed by atoms with Crippen molar-refractivity contribution in [3.05, 3.63) is 24.3 Å². The fraction of sp³-hybridized carbons (Fsp3) is 0.647. The van der Waals surface area contributed by atoms with Crippen LogP contribution >= 0.6 is 20.9 Å². The number of thiol groups is 1. The van der Waals surface area contributed by atoms with E-state index in [2.05, 4.69) is 0 Å². The SMILES string of the molecule is C[SH](C)c1ccc(S(C)(C)CCCC(F)(F)C(F)(F)C(F)(F)C(F)(F)F)cc1. The molecule has 0 aliphatic carbocycles. The molecule has 0 radical (unpaired) electrons. The maximum Gasteiger partial charge on any atom is 0.460 e. The summed E-state index contributed by atoms with van der Waals surface area (Å²) in [5, 5.41) is 0. The summed E-state index contributed by atoms with van der Waals surface area (Å²) in [4.78, 5) is 1.92. The van der Waals surface area contributed by atoms with Gasteiger partial charge in [-0.15, -0.1) is 0 Å². The third-order valence-electron chi connectivity index (χ3n) is 4.35. The quantitative estimate of drug-likeness (QED) is 0.313. The Kier molecular flexibility index (Phi) is 7.41. The van der Waals surface area contributed by atoms with Crippen molar-refractivity contribution in [2.24, 2.45) is 0 Å². The molecule has 28 heavy (non-hydrogen) atoms. The molecule has 0 spiro atoms. The van der Waals surface area contributed by atoms with E-state index in [1.165, 1.54) is 0 Å². The molecule has 1 aromatic carbocycles. The van der Waals surface area contributed by atoms with E-state index in [1.807, 2.05) is 24.6 Å². The second kappa shape index (κ2) is 8.20. The van der Waals surface area contributed by atoms with Gasteiger partial charge < -0.3 is 0 Å². The molecule has 166 valence electrons. The molecule has 0 aliphatic rings. The summed E-state index contributed by atoms with van der Waals surface area (Å²) in [5.74, 6) is -18.9. The minimum atomic E-state index is -6.82. The van der Waals surface area contributed by atoms with Crippen molar-refractivity contribution in [2.45, 2.75) is 46.6 Å². The maximum atomic E-state index is 13.6. The summed E-state index contributed by atoms with van der Waals surface area (Å²) in [6, 6.07) is 7.36. The smallest absolute Gasteiger partial charge is 0.233 e. The Morgan fingerprint density at radius 2 is 1.25 bits per heavy atom. The van der Waals surface area contributed by atoms with Crippen molar-refractivity contribution < 1.29 is 39.5 Å². The summed E-state index contributed by atoms with van der Waals surface area (Å²) >= 11 is 0. The number of hydrogen-bond donors (Lipinski definition) is 1. The lowest BCUT2D eigenvalue weighted by atomic mass is 10.00. The van der Waals surface area contributed by atoms with Gasteiger partial charge in [0.05, 0.1) is 0 Å². The van der Waals surface area contributed by atoms with E-state index < -0.39 is 46.8 Å². The monoisotopic (exact) mass is 462 g/mol. The first-order valence-electron chi connectivity index (χ1n) is 8.05. The second-order valence-electron chi connectivity index (χ2n) is 7.09. The molecular weight excluding hydrogens is 439 g/mol. The lowest BCUT2D eigenvalue weighted by Crippen LogP contribution is -2.60. The number of halogens is 9. The van der Waals surface area contributed by atoms with Crippen LogP contribution in [0.4, 0.5) is 39.5 Å². The van der Waals surface area contributed by atoms with Crippen molar-refractivity contribution in [3.8, 4) is 0 Å². The zero-order valence-electron chi connectivity index (χ0n) is 15.7. The predicted molar refractivity (Wildman–Crippen MR) is 98.2 cm³/mol. The Hall–Kier alpha value is -0.710. The van der Waals surface area contributed by atoms with Gasteiger partial charge in [0.25, 0.3) is 0 Å². The van der Waals surface area contributed by atoms with Gasteiger partial charge in [-0.05, 0) is 71.3 Å². The lowest BCUT2D eigenvalue weighted by molar-refractivity contribution is -0.396. The van der Waals surface area contributed by atoms with Gasteiger partial charge in [0.2, 0.25) is 0 Å². The highest BCUT2D eigenvalue weighted by Gasteiger charge is 2.81. The Labute approximate surface area is 162 Å². The van der Waals surface area contributed by atoms with Gasteiger partial charge in [-0.25, -0.2) is 20.9 Å². The van der Waals surface area contributed by atoms with Gasteiger partial charge >= 0.3 is 23.9 Å². The number of benzene rings is 1. The highest BCUT2D eigenvalue weighted by molar-refractivity contribution is 8.32. The molecular formula is C17H23F9S2. The van der Waals surface area contributed by atoms with Gasteiger partial charge in [0.1, 0.15) is 0 Å². The molecule has 0 aliphatic heterocycles. The third-order valence-corrected chi connectivity index (χ3v) is 8.53. The molecule has 1 rings (SSSR count). The average Bonchev–Trinajstić information content (AvgIpc) is 2.53. The highest BCUT2D eigenvalue weighted by atomic mass is 32.3. The van der Waals surface area contributed by atoms with Crippen molar-refractivity contribution in [2.75, 3.05) is 30.8 Å². The summed E-state index contributed by atoms with van der Waals surface area (Å²) in [6.07, 6.45) is -1.59. The molecule has 1 aromatic rings. The molecule has 0 aromatic heterocycles. The third kappa shape index (κ3) is 5.06. The number of rotatable bonds is 8. The summed E-state index contributed by atoms with van der Waals surface area (Å²) in [5.41, 5.74) is 0. The summed E-state index contributed by atoms with van der Waals surface area (Å²) in [6.45, 7) is 0. The number of hydrogen-bond acceptors (Lipinski definition) is 0. The standard InChI is InChI=1S/C17H23F9S2/c1-27(2)12-6-8-13(9-7-12)28(3,4)11-5-10-14(18,19)15(20,21)16(22,23)17(24,25)26/h6-9,27H,5,10-11H2,1-4H3. The summed E-state index contributed by atoms with van der Waals surface area (Å²) in [7, 11) is -2.06. The molecule has 0 heterocycles. The first-order chi connectivity index (χ1) is 12.4. The van der Waals surface area contributed by atoms with Crippen molar-refractivity contribution >= 4 is 20.9 Å². The Bertz CT molecular complexity index is 650. The Balaban J connectivity index is 2.87. The van der Waals surface area contributed by atoms with Crippen LogP contribution < -0.4 is 0 Å². The van der Waals surface area contributed by atoms with Crippen molar-refractivity contribution in [1.29, 1.82) is 0 Å². The molecule has 0 N–H and O–H groups in total. The fourth-order valence-corrected chi connectivity index (χ4v) is 5.17. The van der Waals surface area contributed by atoms with E-state index in [-0.39, 0.29) is 16.6 Å². The molecule has 0 saturated heterocycles. The van der Waals surface area contributed by atoms with Gasteiger partial charge in [-0.3, -0.25) is 0 Å². The van der Waals surface area contributed by atoms with E-state index in [0.29, 0.717) is 0 Å². The van der Waals surface area contributed by atoms with Gasteiger partial charge in [-0.1, -0.05) is 0 Å². The van der Waals surface area contributed by atoms with Crippen molar-refractivity contribution in [1.82, 2.24) is 0 Å². The molecule has 0 unspecified atom stereocenters. The first kappa shape index (κ1) is 25.3. The molecule has 0 bridgehead atoms.